The molecule has 1 amide bonds. The molecule has 3 aromatic rings. The SMILES string of the molecule is CC(C)(C)C(O)[C@H](Cn1nnc(-c2ccc(Oc3ccc(C4CC4)cn3)cc2)n1)OC(N)=O. The second-order valence-corrected chi connectivity index (χ2v) is 9.28. The topological polar surface area (TPSA) is 138 Å². The fourth-order valence-electron chi connectivity index (χ4n) is 3.41. The van der Waals surface area contributed by atoms with Gasteiger partial charge >= 0.3 is 6.09 Å². The fourth-order valence-corrected chi connectivity index (χ4v) is 3.41. The van der Waals surface area contributed by atoms with Gasteiger partial charge in [-0.1, -0.05) is 26.8 Å². The second-order valence-electron chi connectivity index (χ2n) is 9.28. The smallest absolute Gasteiger partial charge is 0.404 e. The van der Waals surface area contributed by atoms with Crippen molar-refractivity contribution in [3.63, 3.8) is 0 Å². The minimum Gasteiger partial charge on any atom is -0.442 e. The average molecular weight is 453 g/mol. The Morgan fingerprint density at radius 3 is 2.52 bits per heavy atom. The molecule has 2 atom stereocenters. The third-order valence-electron chi connectivity index (χ3n) is 5.45. The molecule has 2 aromatic heterocycles. The number of pyridine rings is 1. The molecule has 174 valence electrons. The molecule has 0 bridgehead atoms. The molecule has 10 nitrogen and oxygen atoms in total. The predicted molar refractivity (Wildman–Crippen MR) is 119 cm³/mol. The van der Waals surface area contributed by atoms with Crippen molar-refractivity contribution in [2.45, 2.75) is 58.3 Å². The minimum absolute atomic E-state index is 0.0120. The molecule has 0 spiro atoms. The average Bonchev–Trinajstić information content (AvgIpc) is 3.51. The van der Waals surface area contributed by atoms with Crippen LogP contribution in [-0.4, -0.2) is 48.6 Å². The first-order valence-electron chi connectivity index (χ1n) is 10.9. The van der Waals surface area contributed by atoms with E-state index in [1.54, 1.807) is 12.1 Å². The molecule has 1 aliphatic carbocycles. The van der Waals surface area contributed by atoms with Gasteiger partial charge in [-0.15, -0.1) is 10.2 Å². The van der Waals surface area contributed by atoms with Crippen molar-refractivity contribution in [3.05, 3.63) is 48.2 Å². The summed E-state index contributed by atoms with van der Waals surface area (Å²) in [5, 5.41) is 22.9. The second kappa shape index (κ2) is 9.14. The normalized spacial score (nSPS) is 15.6. The van der Waals surface area contributed by atoms with Gasteiger partial charge < -0.3 is 20.3 Å². The van der Waals surface area contributed by atoms with Gasteiger partial charge in [-0.05, 0) is 59.2 Å². The molecule has 3 N–H and O–H groups in total. The van der Waals surface area contributed by atoms with Crippen LogP contribution in [0, 0.1) is 5.41 Å². The van der Waals surface area contributed by atoms with E-state index in [2.05, 4.69) is 26.5 Å². The number of hydrogen-bond donors (Lipinski definition) is 2. The Morgan fingerprint density at radius 2 is 1.94 bits per heavy atom. The highest BCUT2D eigenvalue weighted by Crippen LogP contribution is 2.40. The van der Waals surface area contributed by atoms with Crippen LogP contribution >= 0.6 is 0 Å². The number of benzene rings is 1. The highest BCUT2D eigenvalue weighted by molar-refractivity contribution is 5.64. The Bertz CT molecular complexity index is 1090. The third-order valence-corrected chi connectivity index (χ3v) is 5.45. The van der Waals surface area contributed by atoms with Gasteiger partial charge in [-0.25, -0.2) is 9.78 Å². The van der Waals surface area contributed by atoms with Gasteiger partial charge in [0.1, 0.15) is 12.3 Å². The van der Waals surface area contributed by atoms with Crippen molar-refractivity contribution in [3.8, 4) is 23.0 Å². The Morgan fingerprint density at radius 1 is 1.21 bits per heavy atom. The number of carbonyl (C=O) groups is 1. The number of nitrogens with zero attached hydrogens (tertiary/aromatic N) is 5. The Labute approximate surface area is 191 Å². The van der Waals surface area contributed by atoms with Gasteiger partial charge in [0, 0.05) is 17.8 Å². The Kier molecular flexibility index (Phi) is 6.28. The van der Waals surface area contributed by atoms with E-state index in [1.165, 1.54) is 23.2 Å². The molecule has 2 heterocycles. The lowest BCUT2D eigenvalue weighted by Gasteiger charge is -2.31. The zero-order valence-corrected chi connectivity index (χ0v) is 18.9. The van der Waals surface area contributed by atoms with E-state index in [4.69, 9.17) is 15.2 Å². The van der Waals surface area contributed by atoms with Crippen molar-refractivity contribution >= 4 is 6.09 Å². The lowest BCUT2D eigenvalue weighted by atomic mass is 9.86. The van der Waals surface area contributed by atoms with Crippen molar-refractivity contribution in [1.82, 2.24) is 25.2 Å². The first-order chi connectivity index (χ1) is 15.7. The molecule has 1 fully saturated rings. The minimum atomic E-state index is -0.976. The van der Waals surface area contributed by atoms with Crippen molar-refractivity contribution in [1.29, 1.82) is 0 Å². The number of rotatable bonds is 8. The lowest BCUT2D eigenvalue weighted by molar-refractivity contribution is -0.0583. The summed E-state index contributed by atoms with van der Waals surface area (Å²) in [6, 6.07) is 11.2. The van der Waals surface area contributed by atoms with E-state index < -0.39 is 23.7 Å². The molecule has 0 aliphatic heterocycles. The number of aliphatic hydroxyl groups is 1. The van der Waals surface area contributed by atoms with E-state index in [1.807, 2.05) is 45.2 Å². The van der Waals surface area contributed by atoms with Crippen LogP contribution in [0.4, 0.5) is 4.79 Å². The number of aromatic nitrogens is 5. The predicted octanol–water partition coefficient (Wildman–Crippen LogP) is 3.28. The van der Waals surface area contributed by atoms with Crippen LogP contribution in [0.3, 0.4) is 0 Å². The summed E-state index contributed by atoms with van der Waals surface area (Å²) >= 11 is 0. The monoisotopic (exact) mass is 452 g/mol. The molecule has 1 aliphatic rings. The number of carbonyl (C=O) groups excluding carboxylic acids is 1. The van der Waals surface area contributed by atoms with Crippen molar-refractivity contribution in [2.24, 2.45) is 11.1 Å². The molecular weight excluding hydrogens is 424 g/mol. The Balaban J connectivity index is 1.41. The largest absolute Gasteiger partial charge is 0.442 e. The molecule has 33 heavy (non-hydrogen) atoms. The zero-order chi connectivity index (χ0) is 23.6. The lowest BCUT2D eigenvalue weighted by Crippen LogP contribution is -2.44. The highest BCUT2D eigenvalue weighted by atomic mass is 16.6. The van der Waals surface area contributed by atoms with Crippen LogP contribution in [0.1, 0.15) is 45.1 Å². The molecular formula is C23H28N6O4. The summed E-state index contributed by atoms with van der Waals surface area (Å²) in [5.41, 5.74) is 6.61. The number of tetrazole rings is 1. The summed E-state index contributed by atoms with van der Waals surface area (Å²) in [4.78, 5) is 16.9. The molecule has 1 unspecified atom stereocenters. The number of primary amides is 1. The van der Waals surface area contributed by atoms with Gasteiger partial charge in [-0.2, -0.15) is 4.80 Å². The number of nitrogens with two attached hydrogens (primary N) is 1. The van der Waals surface area contributed by atoms with Crippen LogP contribution in [-0.2, 0) is 11.3 Å². The summed E-state index contributed by atoms with van der Waals surface area (Å²) in [6.45, 7) is 5.50. The number of hydrogen-bond acceptors (Lipinski definition) is 8. The van der Waals surface area contributed by atoms with Gasteiger partial charge in [0.15, 0.2) is 6.10 Å². The van der Waals surface area contributed by atoms with Crippen LogP contribution in [0.2, 0.25) is 0 Å². The molecule has 1 saturated carbocycles. The van der Waals surface area contributed by atoms with Crippen LogP contribution in [0.25, 0.3) is 11.4 Å². The van der Waals surface area contributed by atoms with Gasteiger partial charge in [-0.3, -0.25) is 0 Å². The molecule has 0 saturated heterocycles. The first kappa shape index (κ1) is 22.7. The maximum Gasteiger partial charge on any atom is 0.404 e. The van der Waals surface area contributed by atoms with Crippen LogP contribution < -0.4 is 10.5 Å². The van der Waals surface area contributed by atoms with E-state index in [9.17, 15) is 9.90 Å². The van der Waals surface area contributed by atoms with Crippen molar-refractivity contribution < 1.29 is 19.4 Å². The van der Waals surface area contributed by atoms with E-state index in [-0.39, 0.29) is 6.54 Å². The first-order valence-corrected chi connectivity index (χ1v) is 10.9. The maximum atomic E-state index is 11.3. The van der Waals surface area contributed by atoms with E-state index >= 15 is 0 Å². The fraction of sp³-hybridized carbons (Fsp3) is 0.435. The van der Waals surface area contributed by atoms with Gasteiger partial charge in [0.05, 0.1) is 6.10 Å². The summed E-state index contributed by atoms with van der Waals surface area (Å²) in [6.07, 6.45) is 1.48. The summed E-state index contributed by atoms with van der Waals surface area (Å²) in [7, 11) is 0. The molecule has 4 rings (SSSR count). The highest BCUT2D eigenvalue weighted by Gasteiger charge is 2.34. The maximum absolute atomic E-state index is 11.3. The molecule has 0 radical (unpaired) electrons. The van der Waals surface area contributed by atoms with Gasteiger partial charge in [0.2, 0.25) is 11.7 Å². The zero-order valence-electron chi connectivity index (χ0n) is 18.9. The summed E-state index contributed by atoms with van der Waals surface area (Å²) in [5.74, 6) is 2.22. The third kappa shape index (κ3) is 5.83. The van der Waals surface area contributed by atoms with E-state index in [0.717, 1.165) is 5.56 Å². The number of aliphatic hydroxyl groups excluding tert-OH is 1. The van der Waals surface area contributed by atoms with Crippen LogP contribution in [0.5, 0.6) is 11.6 Å². The summed E-state index contributed by atoms with van der Waals surface area (Å²) < 4.78 is 10.9. The number of ether oxygens (including phenoxy) is 2. The molecule has 1 aromatic carbocycles. The Hall–Kier alpha value is -3.53. The van der Waals surface area contributed by atoms with E-state index in [0.29, 0.717) is 23.4 Å². The molecule has 10 heteroatoms. The van der Waals surface area contributed by atoms with Crippen LogP contribution in [0.15, 0.2) is 42.6 Å². The standard InChI is InChI=1S/C23H28N6O4/c1-23(2,3)20(30)18(33-22(24)31)13-29-27-21(26-28-29)15-6-9-17(10-7-15)32-19-11-8-16(12-25-19)14-4-5-14/h6-12,14,18,20,30H,4-5,13H2,1-3H3,(H2,24,31)/t18-,20?/m0/s1. The van der Waals surface area contributed by atoms with Gasteiger partial charge in [0.25, 0.3) is 0 Å². The van der Waals surface area contributed by atoms with Crippen molar-refractivity contribution in [2.75, 3.05) is 0 Å². The quantitative estimate of drug-likeness (QED) is 0.531. The number of amides is 1.